The third kappa shape index (κ3) is 4.91. The quantitative estimate of drug-likeness (QED) is 0.873. The van der Waals surface area contributed by atoms with Gasteiger partial charge in [0.15, 0.2) is 0 Å². The van der Waals surface area contributed by atoms with E-state index in [4.69, 9.17) is 4.74 Å². The summed E-state index contributed by atoms with van der Waals surface area (Å²) in [5.74, 6) is 0. The minimum Gasteiger partial charge on any atom is -0.380 e. The molecule has 2 aromatic carbocycles. The van der Waals surface area contributed by atoms with E-state index < -0.39 is 10.8 Å². The number of amides is 2. The van der Waals surface area contributed by atoms with E-state index in [0.29, 0.717) is 13.2 Å². The molecule has 24 heavy (non-hydrogen) atoms. The molecule has 6 heteroatoms. The van der Waals surface area contributed by atoms with E-state index in [1.54, 1.807) is 25.3 Å². The van der Waals surface area contributed by atoms with Gasteiger partial charge < -0.3 is 15.0 Å². The Labute approximate surface area is 145 Å². The topological polar surface area (TPSA) is 58.6 Å². The minimum atomic E-state index is -0.995. The molecule has 1 atom stereocenters. The Bertz CT molecular complexity index is 716. The van der Waals surface area contributed by atoms with Gasteiger partial charge in [0.1, 0.15) is 0 Å². The number of hydrogen-bond acceptors (Lipinski definition) is 3. The summed E-state index contributed by atoms with van der Waals surface area (Å²) in [7, 11) is 2.36. The van der Waals surface area contributed by atoms with Crippen molar-refractivity contribution in [3.63, 3.8) is 0 Å². The Morgan fingerprint density at radius 2 is 1.83 bits per heavy atom. The van der Waals surface area contributed by atoms with Crippen LogP contribution in [0.15, 0.2) is 53.4 Å². The Morgan fingerprint density at radius 3 is 2.46 bits per heavy atom. The number of carbonyl (C=O) groups excluding carboxylic acids is 1. The van der Waals surface area contributed by atoms with Crippen LogP contribution in [0.5, 0.6) is 0 Å². The smallest absolute Gasteiger partial charge is 0.321 e. The molecule has 0 spiro atoms. The second-order valence-electron chi connectivity index (χ2n) is 5.47. The molecule has 0 fully saturated rings. The number of nitrogens with zero attached hydrogens (tertiary/aromatic N) is 1. The molecule has 2 amide bonds. The zero-order valence-electron chi connectivity index (χ0n) is 14.1. The molecule has 0 radical (unpaired) electrons. The van der Waals surface area contributed by atoms with Crippen molar-refractivity contribution in [1.82, 2.24) is 4.90 Å². The zero-order chi connectivity index (χ0) is 17.5. The van der Waals surface area contributed by atoms with Gasteiger partial charge >= 0.3 is 6.03 Å². The van der Waals surface area contributed by atoms with Crippen molar-refractivity contribution in [2.45, 2.75) is 18.0 Å². The normalized spacial score (nSPS) is 11.8. The highest BCUT2D eigenvalue weighted by atomic mass is 32.2. The van der Waals surface area contributed by atoms with Crippen LogP contribution in [-0.4, -0.2) is 35.6 Å². The van der Waals surface area contributed by atoms with Crippen LogP contribution in [0.2, 0.25) is 0 Å². The van der Waals surface area contributed by atoms with Crippen molar-refractivity contribution < 1.29 is 13.7 Å². The summed E-state index contributed by atoms with van der Waals surface area (Å²) in [4.78, 5) is 14.7. The highest BCUT2D eigenvalue weighted by Crippen LogP contribution is 2.17. The van der Waals surface area contributed by atoms with Crippen molar-refractivity contribution in [2.24, 2.45) is 0 Å². The van der Waals surface area contributed by atoms with Crippen LogP contribution in [0, 0.1) is 0 Å². The lowest BCUT2D eigenvalue weighted by molar-refractivity contribution is 0.185. The molecule has 0 aliphatic carbocycles. The Morgan fingerprint density at radius 1 is 1.17 bits per heavy atom. The fraction of sp³-hybridized carbons (Fsp3) is 0.278. The minimum absolute atomic E-state index is 0.193. The molecular formula is C18H22N2O3S. The van der Waals surface area contributed by atoms with Gasteiger partial charge in [-0.2, -0.15) is 0 Å². The van der Waals surface area contributed by atoms with Gasteiger partial charge in [-0.1, -0.05) is 30.3 Å². The molecule has 0 heterocycles. The van der Waals surface area contributed by atoms with Crippen LogP contribution >= 0.6 is 0 Å². The van der Waals surface area contributed by atoms with Gasteiger partial charge in [0.2, 0.25) is 0 Å². The van der Waals surface area contributed by atoms with Gasteiger partial charge in [0, 0.05) is 53.9 Å². The third-order valence-electron chi connectivity index (χ3n) is 3.58. The van der Waals surface area contributed by atoms with Gasteiger partial charge in [-0.05, 0) is 23.8 Å². The first-order valence-corrected chi connectivity index (χ1v) is 9.08. The number of hydrogen-bond donors (Lipinski definition) is 1. The summed E-state index contributed by atoms with van der Waals surface area (Å²) in [6.07, 6.45) is 1.64. The number of anilines is 1. The number of benzene rings is 2. The summed E-state index contributed by atoms with van der Waals surface area (Å²) >= 11 is 0. The molecule has 1 N–H and O–H groups in total. The largest absolute Gasteiger partial charge is 0.380 e. The maximum absolute atomic E-state index is 12.4. The molecule has 5 nitrogen and oxygen atoms in total. The molecule has 1 unspecified atom stereocenters. The Balaban J connectivity index is 2.01. The maximum atomic E-state index is 12.4. The standard InChI is InChI=1S/C18H22N2O3S/c1-20(12-14-8-10-16(11-9-14)24(3)22)18(21)19-17-7-5-4-6-15(17)13-23-2/h4-11H,12-13H2,1-3H3,(H,19,21). The van der Waals surface area contributed by atoms with E-state index in [2.05, 4.69) is 5.32 Å². The fourth-order valence-corrected chi connectivity index (χ4v) is 2.79. The first-order chi connectivity index (χ1) is 11.5. The van der Waals surface area contributed by atoms with E-state index in [9.17, 15) is 9.00 Å². The van der Waals surface area contributed by atoms with E-state index in [1.165, 1.54) is 0 Å². The average molecular weight is 346 g/mol. The molecule has 2 rings (SSSR count). The average Bonchev–Trinajstić information content (AvgIpc) is 2.57. The van der Waals surface area contributed by atoms with Crippen molar-refractivity contribution >= 4 is 22.5 Å². The fourth-order valence-electron chi connectivity index (χ4n) is 2.27. The predicted molar refractivity (Wildman–Crippen MR) is 96.4 cm³/mol. The second-order valence-corrected chi connectivity index (χ2v) is 6.85. The van der Waals surface area contributed by atoms with Crippen LogP contribution in [0.4, 0.5) is 10.5 Å². The molecule has 0 saturated carbocycles. The molecule has 2 aromatic rings. The lowest BCUT2D eigenvalue weighted by Crippen LogP contribution is -2.31. The summed E-state index contributed by atoms with van der Waals surface area (Å²) < 4.78 is 16.5. The molecular weight excluding hydrogens is 324 g/mol. The van der Waals surface area contributed by atoms with Crippen LogP contribution in [-0.2, 0) is 28.7 Å². The molecule has 0 bridgehead atoms. The van der Waals surface area contributed by atoms with E-state index in [1.807, 2.05) is 48.5 Å². The molecule has 0 saturated heterocycles. The number of carbonyl (C=O) groups is 1. The maximum Gasteiger partial charge on any atom is 0.321 e. The predicted octanol–water partition coefficient (Wildman–Crippen LogP) is 3.23. The van der Waals surface area contributed by atoms with Crippen LogP contribution in [0.3, 0.4) is 0 Å². The van der Waals surface area contributed by atoms with E-state index in [-0.39, 0.29) is 6.03 Å². The summed E-state index contributed by atoms with van der Waals surface area (Å²) in [6, 6.07) is 14.8. The number of methoxy groups -OCH3 is 1. The lowest BCUT2D eigenvalue weighted by atomic mass is 10.2. The number of para-hydroxylation sites is 1. The third-order valence-corrected chi connectivity index (χ3v) is 4.52. The Kier molecular flexibility index (Phi) is 6.52. The van der Waals surface area contributed by atoms with Crippen molar-refractivity contribution in [3.05, 3.63) is 59.7 Å². The zero-order valence-corrected chi connectivity index (χ0v) is 14.9. The highest BCUT2D eigenvalue weighted by Gasteiger charge is 2.11. The lowest BCUT2D eigenvalue weighted by Gasteiger charge is -2.19. The van der Waals surface area contributed by atoms with Crippen molar-refractivity contribution in [3.8, 4) is 0 Å². The molecule has 0 aromatic heterocycles. The van der Waals surface area contributed by atoms with Crippen molar-refractivity contribution in [1.29, 1.82) is 0 Å². The number of urea groups is 1. The van der Waals surface area contributed by atoms with Gasteiger partial charge in [0.05, 0.1) is 6.61 Å². The monoisotopic (exact) mass is 346 g/mol. The Hall–Kier alpha value is -2.18. The van der Waals surface area contributed by atoms with Gasteiger partial charge in [-0.25, -0.2) is 4.79 Å². The van der Waals surface area contributed by atoms with Gasteiger partial charge in [-0.15, -0.1) is 0 Å². The second kappa shape index (κ2) is 8.61. The van der Waals surface area contributed by atoms with Gasteiger partial charge in [0.25, 0.3) is 0 Å². The van der Waals surface area contributed by atoms with Crippen molar-refractivity contribution in [2.75, 3.05) is 25.7 Å². The highest BCUT2D eigenvalue weighted by molar-refractivity contribution is 7.84. The van der Waals surface area contributed by atoms with E-state index >= 15 is 0 Å². The summed E-state index contributed by atoms with van der Waals surface area (Å²) in [5, 5.41) is 2.90. The first-order valence-electron chi connectivity index (χ1n) is 7.52. The van der Waals surface area contributed by atoms with E-state index in [0.717, 1.165) is 21.7 Å². The molecule has 0 aliphatic heterocycles. The SMILES string of the molecule is COCc1ccccc1NC(=O)N(C)Cc1ccc(S(C)=O)cc1. The van der Waals surface area contributed by atoms with Crippen LogP contribution in [0.25, 0.3) is 0 Å². The number of nitrogens with one attached hydrogen (secondary N) is 1. The van der Waals surface area contributed by atoms with Crippen LogP contribution < -0.4 is 5.32 Å². The van der Waals surface area contributed by atoms with Crippen LogP contribution in [0.1, 0.15) is 11.1 Å². The first kappa shape index (κ1) is 18.2. The van der Waals surface area contributed by atoms with Gasteiger partial charge in [-0.3, -0.25) is 4.21 Å². The molecule has 128 valence electrons. The summed E-state index contributed by atoms with van der Waals surface area (Å²) in [6.45, 7) is 0.907. The number of ether oxygens (including phenoxy) is 1. The molecule has 0 aliphatic rings. The summed E-state index contributed by atoms with van der Waals surface area (Å²) in [5.41, 5.74) is 2.65. The number of rotatable bonds is 6.